The number of aliphatic hydroxyl groups is 1. The second-order valence-electron chi connectivity index (χ2n) is 7.82. The Morgan fingerprint density at radius 3 is 2.67 bits per heavy atom. The van der Waals surface area contributed by atoms with E-state index in [2.05, 4.69) is 4.98 Å². The normalized spacial score (nSPS) is 17.4. The molecule has 0 aliphatic carbocycles. The summed E-state index contributed by atoms with van der Waals surface area (Å²) >= 11 is 0. The van der Waals surface area contributed by atoms with Gasteiger partial charge in [0.05, 0.1) is 23.9 Å². The van der Waals surface area contributed by atoms with Gasteiger partial charge in [-0.1, -0.05) is 31.2 Å². The highest BCUT2D eigenvalue weighted by atomic mass is 16.5. The Morgan fingerprint density at radius 1 is 1.12 bits per heavy atom. The monoisotopic (exact) mass is 444 g/mol. The lowest BCUT2D eigenvalue weighted by Gasteiger charge is -2.26. The zero-order valence-electron chi connectivity index (χ0n) is 18.4. The van der Waals surface area contributed by atoms with Crippen LogP contribution >= 0.6 is 0 Å². The summed E-state index contributed by atoms with van der Waals surface area (Å²) in [5.74, 6) is -1.61. The number of hydrogen-bond donors (Lipinski definition) is 2. The number of aromatic nitrogens is 1. The van der Waals surface area contributed by atoms with Crippen molar-refractivity contribution in [1.29, 1.82) is 0 Å². The molecule has 1 amide bonds. The molecular formula is C26H24N2O5. The molecule has 168 valence electrons. The number of nitrogens with zero attached hydrogens (tertiary/aromatic N) is 2. The van der Waals surface area contributed by atoms with Gasteiger partial charge >= 0.3 is 0 Å². The Balaban J connectivity index is 1.91. The van der Waals surface area contributed by atoms with Crippen molar-refractivity contribution >= 4 is 23.1 Å². The van der Waals surface area contributed by atoms with E-state index in [1.165, 1.54) is 17.2 Å². The number of carbonyl (C=O) groups excluding carboxylic acids is 2. The number of pyridine rings is 1. The first-order chi connectivity index (χ1) is 15.9. The summed E-state index contributed by atoms with van der Waals surface area (Å²) in [7, 11) is 0. The summed E-state index contributed by atoms with van der Waals surface area (Å²) in [6.07, 6.45) is 3.93. The summed E-state index contributed by atoms with van der Waals surface area (Å²) in [6.45, 7) is 4.32. The number of anilines is 1. The van der Waals surface area contributed by atoms with Crippen LogP contribution in [0.15, 0.2) is 72.6 Å². The first-order valence-corrected chi connectivity index (χ1v) is 10.7. The lowest BCUT2D eigenvalue weighted by Crippen LogP contribution is -2.29. The Labute approximate surface area is 191 Å². The van der Waals surface area contributed by atoms with Crippen LogP contribution in [-0.4, -0.2) is 33.5 Å². The molecule has 1 aliphatic rings. The van der Waals surface area contributed by atoms with Crippen LogP contribution in [-0.2, 0) is 9.59 Å². The fourth-order valence-electron chi connectivity index (χ4n) is 3.87. The van der Waals surface area contributed by atoms with Crippen molar-refractivity contribution in [2.45, 2.75) is 26.3 Å². The largest absolute Gasteiger partial charge is 0.507 e. The molecule has 0 bridgehead atoms. The number of aryl methyl sites for hydroxylation is 1. The smallest absolute Gasteiger partial charge is 0.300 e. The van der Waals surface area contributed by atoms with Crippen LogP contribution in [0, 0.1) is 6.92 Å². The molecule has 0 saturated carbocycles. The van der Waals surface area contributed by atoms with Crippen molar-refractivity contribution < 1.29 is 24.5 Å². The van der Waals surface area contributed by atoms with Gasteiger partial charge in [0.15, 0.2) is 0 Å². The number of aliphatic hydroxyl groups excluding tert-OH is 1. The Bertz CT molecular complexity index is 1240. The predicted molar refractivity (Wildman–Crippen MR) is 124 cm³/mol. The predicted octanol–water partition coefficient (Wildman–Crippen LogP) is 4.51. The molecule has 1 atom stereocenters. The molecule has 2 aromatic carbocycles. The van der Waals surface area contributed by atoms with E-state index in [4.69, 9.17) is 4.74 Å². The van der Waals surface area contributed by atoms with Crippen molar-refractivity contribution in [2.75, 3.05) is 11.5 Å². The van der Waals surface area contributed by atoms with E-state index < -0.39 is 17.7 Å². The average molecular weight is 444 g/mol. The number of aromatic hydroxyl groups is 1. The number of benzene rings is 2. The van der Waals surface area contributed by atoms with Gasteiger partial charge in [-0.15, -0.1) is 0 Å². The van der Waals surface area contributed by atoms with E-state index in [1.54, 1.807) is 54.7 Å². The number of phenolic OH excluding ortho intramolecular Hbond substituents is 1. The van der Waals surface area contributed by atoms with Gasteiger partial charge in [-0.25, -0.2) is 0 Å². The fourth-order valence-corrected chi connectivity index (χ4v) is 3.87. The Morgan fingerprint density at radius 2 is 1.94 bits per heavy atom. The SMILES string of the molecule is CCCOc1cccc(/C(O)=C2\C(=O)C(=O)N(c3cc(C)ccc3O)C2c2cccnc2)c1. The second kappa shape index (κ2) is 9.16. The van der Waals surface area contributed by atoms with E-state index in [0.717, 1.165) is 12.0 Å². The topological polar surface area (TPSA) is 100.0 Å². The summed E-state index contributed by atoms with van der Waals surface area (Å²) in [5, 5.41) is 21.7. The van der Waals surface area contributed by atoms with Gasteiger partial charge in [-0.05, 0) is 54.8 Å². The number of Topliss-reactive ketones (excluding diaryl/α,β-unsaturated/α-hetero) is 1. The molecule has 0 spiro atoms. The molecule has 1 aliphatic heterocycles. The number of phenols is 1. The highest BCUT2D eigenvalue weighted by Gasteiger charge is 2.47. The molecule has 1 unspecified atom stereocenters. The lowest BCUT2D eigenvalue weighted by atomic mass is 9.96. The molecule has 0 radical (unpaired) electrons. The maximum atomic E-state index is 13.2. The molecule has 4 rings (SSSR count). The Hall–Kier alpha value is -4.13. The molecular weight excluding hydrogens is 420 g/mol. The molecule has 7 nitrogen and oxygen atoms in total. The van der Waals surface area contributed by atoms with Crippen molar-refractivity contribution in [3.05, 3.63) is 89.3 Å². The van der Waals surface area contributed by atoms with E-state index in [9.17, 15) is 19.8 Å². The van der Waals surface area contributed by atoms with Crippen LogP contribution < -0.4 is 9.64 Å². The molecule has 33 heavy (non-hydrogen) atoms. The van der Waals surface area contributed by atoms with Crippen LogP contribution in [0.3, 0.4) is 0 Å². The quantitative estimate of drug-likeness (QED) is 0.330. The van der Waals surface area contributed by atoms with Crippen LogP contribution in [0.4, 0.5) is 5.69 Å². The van der Waals surface area contributed by atoms with E-state index in [-0.39, 0.29) is 22.8 Å². The highest BCUT2D eigenvalue weighted by molar-refractivity contribution is 6.51. The van der Waals surface area contributed by atoms with Gasteiger partial charge in [0, 0.05) is 18.0 Å². The highest BCUT2D eigenvalue weighted by Crippen LogP contribution is 2.44. The van der Waals surface area contributed by atoms with Crippen LogP contribution in [0.1, 0.15) is 36.1 Å². The number of ketones is 1. The minimum atomic E-state index is -0.966. The van der Waals surface area contributed by atoms with Crippen molar-refractivity contribution in [2.24, 2.45) is 0 Å². The standard InChI is InChI=1S/C26H24N2O5/c1-3-12-33-19-8-4-6-17(14-19)24(30)22-23(18-7-5-11-27-15-18)28(26(32)25(22)31)20-13-16(2)9-10-21(20)29/h4-11,13-15,23,29-30H,3,12H2,1-2H3/b24-22+. The minimum absolute atomic E-state index is 0.0819. The third-order valence-electron chi connectivity index (χ3n) is 5.42. The molecule has 1 fully saturated rings. The van der Waals surface area contributed by atoms with Gasteiger partial charge < -0.3 is 14.9 Å². The number of carbonyl (C=O) groups is 2. The molecule has 1 aromatic heterocycles. The fraction of sp³-hybridized carbons (Fsp3) is 0.192. The number of ether oxygens (including phenoxy) is 1. The van der Waals surface area contributed by atoms with Crippen molar-refractivity contribution in [1.82, 2.24) is 4.98 Å². The third-order valence-corrected chi connectivity index (χ3v) is 5.42. The molecule has 3 aromatic rings. The molecule has 2 heterocycles. The lowest BCUT2D eigenvalue weighted by molar-refractivity contribution is -0.132. The summed E-state index contributed by atoms with van der Waals surface area (Å²) in [4.78, 5) is 31.7. The van der Waals surface area contributed by atoms with Crippen LogP contribution in [0.5, 0.6) is 11.5 Å². The third kappa shape index (κ3) is 4.17. The van der Waals surface area contributed by atoms with Crippen LogP contribution in [0.2, 0.25) is 0 Å². The first-order valence-electron chi connectivity index (χ1n) is 10.7. The molecule has 7 heteroatoms. The maximum Gasteiger partial charge on any atom is 0.300 e. The van der Waals surface area contributed by atoms with Gasteiger partial charge in [0.1, 0.15) is 17.3 Å². The van der Waals surface area contributed by atoms with E-state index >= 15 is 0 Å². The van der Waals surface area contributed by atoms with Crippen LogP contribution in [0.25, 0.3) is 5.76 Å². The zero-order chi connectivity index (χ0) is 23.5. The Kier molecular flexibility index (Phi) is 6.13. The van der Waals surface area contributed by atoms with E-state index in [1.807, 2.05) is 13.8 Å². The maximum absolute atomic E-state index is 13.2. The van der Waals surface area contributed by atoms with Gasteiger partial charge in [-0.3, -0.25) is 19.5 Å². The molecule has 2 N–H and O–H groups in total. The van der Waals surface area contributed by atoms with Crippen molar-refractivity contribution in [3.8, 4) is 11.5 Å². The summed E-state index contributed by atoms with van der Waals surface area (Å²) < 4.78 is 5.65. The average Bonchev–Trinajstić information content (AvgIpc) is 3.10. The summed E-state index contributed by atoms with van der Waals surface area (Å²) in [6, 6.07) is 14.0. The summed E-state index contributed by atoms with van der Waals surface area (Å²) in [5.41, 5.74) is 1.78. The minimum Gasteiger partial charge on any atom is -0.507 e. The van der Waals surface area contributed by atoms with E-state index in [0.29, 0.717) is 23.5 Å². The molecule has 1 saturated heterocycles. The van der Waals surface area contributed by atoms with Gasteiger partial charge in [0.25, 0.3) is 11.7 Å². The number of rotatable bonds is 6. The number of hydrogen-bond acceptors (Lipinski definition) is 6. The second-order valence-corrected chi connectivity index (χ2v) is 7.82. The van der Waals surface area contributed by atoms with Gasteiger partial charge in [-0.2, -0.15) is 0 Å². The first kappa shape index (κ1) is 22.1. The van der Waals surface area contributed by atoms with Gasteiger partial charge in [0.2, 0.25) is 0 Å². The van der Waals surface area contributed by atoms with Crippen molar-refractivity contribution in [3.63, 3.8) is 0 Å². The zero-order valence-corrected chi connectivity index (χ0v) is 18.4. The number of amides is 1.